The highest BCUT2D eigenvalue weighted by molar-refractivity contribution is 5.94. The van der Waals surface area contributed by atoms with Crippen molar-refractivity contribution in [2.24, 2.45) is 0 Å². The Labute approximate surface area is 178 Å². The summed E-state index contributed by atoms with van der Waals surface area (Å²) < 4.78 is 28.8. The van der Waals surface area contributed by atoms with Crippen LogP contribution >= 0.6 is 0 Å². The van der Waals surface area contributed by atoms with Gasteiger partial charge in [0.15, 0.2) is 0 Å². The monoisotopic (exact) mass is 430 g/mol. The number of nitrogens with zero attached hydrogens (tertiary/aromatic N) is 5. The molecule has 3 heterocycles. The zero-order valence-electron chi connectivity index (χ0n) is 17.1. The first-order chi connectivity index (χ1) is 14.9. The number of imidazole rings is 1. The van der Waals surface area contributed by atoms with Gasteiger partial charge in [0.1, 0.15) is 12.0 Å². The summed E-state index contributed by atoms with van der Waals surface area (Å²) in [6, 6.07) is -0.240. The van der Waals surface area contributed by atoms with Crippen molar-refractivity contribution in [3.8, 4) is 5.95 Å². The molecule has 1 aliphatic heterocycles. The third-order valence-corrected chi connectivity index (χ3v) is 6.58. The van der Waals surface area contributed by atoms with Gasteiger partial charge >= 0.3 is 5.92 Å². The van der Waals surface area contributed by atoms with E-state index in [1.54, 1.807) is 23.3 Å². The summed E-state index contributed by atoms with van der Waals surface area (Å²) in [4.78, 5) is 39.4. The fraction of sp³-hybridized carbons (Fsp3) is 0.571. The molecular formula is C21H24F2N6O2. The van der Waals surface area contributed by atoms with E-state index in [1.807, 2.05) is 0 Å². The third kappa shape index (κ3) is 3.68. The van der Waals surface area contributed by atoms with E-state index in [4.69, 9.17) is 0 Å². The maximum atomic E-state index is 13.6. The minimum atomic E-state index is -3.23. The summed E-state index contributed by atoms with van der Waals surface area (Å²) in [7, 11) is 0. The molecule has 0 radical (unpaired) electrons. The van der Waals surface area contributed by atoms with Crippen molar-refractivity contribution in [1.29, 1.82) is 0 Å². The Morgan fingerprint density at radius 1 is 1.16 bits per heavy atom. The molecule has 2 aromatic rings. The van der Waals surface area contributed by atoms with Gasteiger partial charge in [0.2, 0.25) is 5.95 Å². The number of rotatable bonds is 4. The van der Waals surface area contributed by atoms with Gasteiger partial charge in [0.05, 0.1) is 0 Å². The normalized spacial score (nSPS) is 25.0. The first-order valence-electron chi connectivity index (χ1n) is 10.8. The highest BCUT2D eigenvalue weighted by atomic mass is 19.3. The molecule has 1 saturated heterocycles. The minimum absolute atomic E-state index is 0.0642. The number of hydrogen-bond acceptors (Lipinski definition) is 5. The highest BCUT2D eigenvalue weighted by Gasteiger charge is 2.50. The zero-order chi connectivity index (χ0) is 21.6. The molecule has 0 aromatic carbocycles. The maximum absolute atomic E-state index is 13.6. The van der Waals surface area contributed by atoms with Gasteiger partial charge in [-0.05, 0) is 44.9 Å². The zero-order valence-corrected chi connectivity index (χ0v) is 17.1. The fourth-order valence-electron chi connectivity index (χ4n) is 4.91. The second kappa shape index (κ2) is 7.65. The van der Waals surface area contributed by atoms with Gasteiger partial charge in [0, 0.05) is 48.7 Å². The van der Waals surface area contributed by atoms with Crippen LogP contribution in [0.15, 0.2) is 18.7 Å². The number of alkyl halides is 2. The average Bonchev–Trinajstić information content (AvgIpc) is 3.50. The summed E-state index contributed by atoms with van der Waals surface area (Å²) in [6.07, 6.45) is 9.61. The molecule has 3 aliphatic rings. The van der Waals surface area contributed by atoms with Crippen molar-refractivity contribution < 1.29 is 18.4 Å². The number of carbonyl (C=O) groups is 2. The first kappa shape index (κ1) is 20.0. The van der Waals surface area contributed by atoms with Crippen LogP contribution in [0.25, 0.3) is 5.95 Å². The van der Waals surface area contributed by atoms with Crippen molar-refractivity contribution in [1.82, 2.24) is 29.7 Å². The van der Waals surface area contributed by atoms with Crippen LogP contribution < -0.4 is 5.32 Å². The van der Waals surface area contributed by atoms with Crippen LogP contribution in [0.5, 0.6) is 0 Å². The molecule has 2 amide bonds. The lowest BCUT2D eigenvalue weighted by Crippen LogP contribution is -2.46. The summed E-state index contributed by atoms with van der Waals surface area (Å²) in [5, 5.41) is 3.07. The van der Waals surface area contributed by atoms with E-state index in [9.17, 15) is 18.4 Å². The van der Waals surface area contributed by atoms with Gasteiger partial charge in [-0.3, -0.25) is 14.2 Å². The number of carbonyl (C=O) groups excluding carboxylic acids is 2. The number of halogens is 2. The van der Waals surface area contributed by atoms with Crippen molar-refractivity contribution in [2.45, 2.75) is 69.4 Å². The Kier molecular flexibility index (Phi) is 4.94. The van der Waals surface area contributed by atoms with Gasteiger partial charge in [-0.2, -0.15) is 8.78 Å². The van der Waals surface area contributed by atoms with Crippen LogP contribution in [-0.2, 0) is 17.6 Å². The van der Waals surface area contributed by atoms with Crippen LogP contribution in [0.3, 0.4) is 0 Å². The number of aromatic nitrogens is 4. The number of nitrogens with one attached hydrogen (secondary N) is 1. The van der Waals surface area contributed by atoms with E-state index < -0.39 is 18.3 Å². The summed E-state index contributed by atoms with van der Waals surface area (Å²) in [5.41, 5.74) is 2.21. The Bertz CT molecular complexity index is 1000. The average molecular weight is 430 g/mol. The second-order valence-corrected chi connectivity index (χ2v) is 8.55. The number of hydrogen-bond donors (Lipinski definition) is 1. The van der Waals surface area contributed by atoms with Gasteiger partial charge in [-0.25, -0.2) is 15.0 Å². The van der Waals surface area contributed by atoms with Crippen LogP contribution in [-0.4, -0.2) is 60.8 Å². The topological polar surface area (TPSA) is 93.0 Å². The quantitative estimate of drug-likeness (QED) is 0.802. The highest BCUT2D eigenvalue weighted by Crippen LogP contribution is 2.34. The largest absolute Gasteiger partial charge is 0.348 e. The molecule has 0 spiro atoms. The minimum Gasteiger partial charge on any atom is -0.348 e. The summed E-state index contributed by atoms with van der Waals surface area (Å²) in [5.74, 6) is -4.08. The molecule has 164 valence electrons. The Hall–Kier alpha value is -2.91. The van der Waals surface area contributed by atoms with Crippen LogP contribution in [0.4, 0.5) is 8.78 Å². The Morgan fingerprint density at radius 3 is 2.65 bits per heavy atom. The third-order valence-electron chi connectivity index (χ3n) is 6.58. The van der Waals surface area contributed by atoms with Gasteiger partial charge in [-0.15, -0.1) is 0 Å². The van der Waals surface area contributed by atoms with Gasteiger partial charge in [0.25, 0.3) is 11.8 Å². The van der Waals surface area contributed by atoms with Crippen molar-refractivity contribution in [2.75, 3.05) is 6.54 Å². The van der Waals surface area contributed by atoms with Gasteiger partial charge in [-0.1, -0.05) is 0 Å². The van der Waals surface area contributed by atoms with E-state index in [1.165, 1.54) is 4.90 Å². The summed E-state index contributed by atoms with van der Waals surface area (Å²) in [6.45, 7) is 0.109. The predicted octanol–water partition coefficient (Wildman–Crippen LogP) is 2.06. The standard InChI is InChI=1S/C21H24F2N6O2/c22-21(23)8-10-29(19(21)31)14-6-4-13(5-7-14)25-18(30)17-15-2-1-3-16(15)26-20(27-17)28-11-9-24-12-28/h9,11-14H,1-8,10H2,(H,25,30). The maximum Gasteiger partial charge on any atom is 0.326 e. The Morgan fingerprint density at radius 2 is 1.97 bits per heavy atom. The Balaban J connectivity index is 1.26. The molecule has 2 aromatic heterocycles. The lowest BCUT2D eigenvalue weighted by molar-refractivity contribution is -0.150. The fourth-order valence-corrected chi connectivity index (χ4v) is 4.91. The molecule has 2 fully saturated rings. The molecule has 31 heavy (non-hydrogen) atoms. The lowest BCUT2D eigenvalue weighted by atomic mass is 9.90. The van der Waals surface area contributed by atoms with Crippen LogP contribution in [0, 0.1) is 0 Å². The van der Waals surface area contributed by atoms with E-state index in [-0.39, 0.29) is 24.5 Å². The first-order valence-corrected chi connectivity index (χ1v) is 10.8. The molecule has 5 rings (SSSR count). The molecule has 1 saturated carbocycles. The molecule has 0 unspecified atom stereocenters. The molecule has 10 heteroatoms. The second-order valence-electron chi connectivity index (χ2n) is 8.55. The molecule has 0 atom stereocenters. The predicted molar refractivity (Wildman–Crippen MR) is 106 cm³/mol. The van der Waals surface area contributed by atoms with Crippen molar-refractivity contribution in [3.63, 3.8) is 0 Å². The van der Waals surface area contributed by atoms with E-state index in [2.05, 4.69) is 20.3 Å². The number of likely N-dealkylation sites (tertiary alicyclic amines) is 1. The molecule has 0 bridgehead atoms. The SMILES string of the molecule is O=C(NC1CCC(N2CCC(F)(F)C2=O)CC1)c1nc(-n2ccnc2)nc2c1CCC2. The molecule has 8 nitrogen and oxygen atoms in total. The molecular weight excluding hydrogens is 406 g/mol. The van der Waals surface area contributed by atoms with E-state index in [0.717, 1.165) is 30.5 Å². The molecule has 1 N–H and O–H groups in total. The number of aryl methyl sites for hydroxylation is 1. The smallest absolute Gasteiger partial charge is 0.326 e. The summed E-state index contributed by atoms with van der Waals surface area (Å²) >= 11 is 0. The van der Waals surface area contributed by atoms with Crippen molar-refractivity contribution >= 4 is 11.8 Å². The number of amides is 2. The van der Waals surface area contributed by atoms with E-state index >= 15 is 0 Å². The number of fused-ring (bicyclic) bond motifs is 1. The van der Waals surface area contributed by atoms with E-state index in [0.29, 0.717) is 37.3 Å². The van der Waals surface area contributed by atoms with Crippen molar-refractivity contribution in [3.05, 3.63) is 35.7 Å². The van der Waals surface area contributed by atoms with Crippen LogP contribution in [0.1, 0.15) is 60.3 Å². The molecule has 2 aliphatic carbocycles. The van der Waals surface area contributed by atoms with Gasteiger partial charge < -0.3 is 10.2 Å². The lowest BCUT2D eigenvalue weighted by Gasteiger charge is -2.34. The van der Waals surface area contributed by atoms with Crippen LogP contribution in [0.2, 0.25) is 0 Å².